The number of hydrogen-bond acceptors (Lipinski definition) is 3. The Bertz CT molecular complexity index is 899. The first-order valence-electron chi connectivity index (χ1n) is 8.60. The average Bonchev–Trinajstić information content (AvgIpc) is 3.13. The minimum absolute atomic E-state index is 0.184. The van der Waals surface area contributed by atoms with E-state index in [4.69, 9.17) is 16.6 Å². The fourth-order valence-electron chi connectivity index (χ4n) is 3.04. The normalized spacial score (nSPS) is 14.2. The summed E-state index contributed by atoms with van der Waals surface area (Å²) in [7, 11) is 0. The van der Waals surface area contributed by atoms with Crippen LogP contribution in [0.4, 0.5) is 5.13 Å². The Balaban J connectivity index is 1.58. The van der Waals surface area contributed by atoms with Gasteiger partial charge < -0.3 is 4.57 Å². The molecule has 1 fully saturated rings. The first-order valence-corrected chi connectivity index (χ1v) is 9.80. The molecule has 0 atom stereocenters. The summed E-state index contributed by atoms with van der Waals surface area (Å²) in [6.07, 6.45) is 7.01. The van der Waals surface area contributed by atoms with E-state index in [9.17, 15) is 4.79 Å². The highest BCUT2D eigenvalue weighted by Gasteiger charge is 2.35. The van der Waals surface area contributed by atoms with Crippen LogP contribution in [0.2, 0.25) is 5.02 Å². The Morgan fingerprint density at radius 2 is 2.12 bits per heavy atom. The number of nitrogens with zero attached hydrogens (tertiary/aromatic N) is 3. The number of amides is 1. The number of rotatable bonds is 6. The molecule has 130 valence electrons. The van der Waals surface area contributed by atoms with Crippen molar-refractivity contribution in [3.63, 3.8) is 0 Å². The van der Waals surface area contributed by atoms with E-state index < -0.39 is 0 Å². The van der Waals surface area contributed by atoms with Gasteiger partial charge >= 0.3 is 0 Å². The van der Waals surface area contributed by atoms with Gasteiger partial charge in [0.1, 0.15) is 0 Å². The van der Waals surface area contributed by atoms with E-state index in [0.717, 1.165) is 46.7 Å². The second-order valence-corrected chi connectivity index (χ2v) is 8.05. The van der Waals surface area contributed by atoms with Crippen molar-refractivity contribution in [3.8, 4) is 0 Å². The molecule has 4 nitrogen and oxygen atoms in total. The van der Waals surface area contributed by atoms with Crippen molar-refractivity contribution in [1.29, 1.82) is 0 Å². The van der Waals surface area contributed by atoms with Crippen LogP contribution in [-0.2, 0) is 11.3 Å². The number of aryl methyl sites for hydroxylation is 2. The largest absolute Gasteiger partial charge is 0.354 e. The number of anilines is 1. The van der Waals surface area contributed by atoms with Crippen LogP contribution in [0.1, 0.15) is 24.8 Å². The number of benzene rings is 1. The average molecular weight is 374 g/mol. The molecule has 0 N–H and O–H groups in total. The smallest absolute Gasteiger partial charge is 0.231 e. The molecule has 0 unspecified atom stereocenters. The Morgan fingerprint density at radius 3 is 2.84 bits per heavy atom. The van der Waals surface area contributed by atoms with E-state index in [1.165, 1.54) is 0 Å². The monoisotopic (exact) mass is 373 g/mol. The quantitative estimate of drug-likeness (QED) is 0.616. The first kappa shape index (κ1) is 16.6. The van der Waals surface area contributed by atoms with Gasteiger partial charge in [-0.2, -0.15) is 0 Å². The molecule has 6 heteroatoms. The number of fused-ring (bicyclic) bond motifs is 1. The fourth-order valence-corrected chi connectivity index (χ4v) is 4.49. The van der Waals surface area contributed by atoms with E-state index in [2.05, 4.69) is 17.0 Å². The van der Waals surface area contributed by atoms with Crippen LogP contribution >= 0.6 is 22.9 Å². The molecule has 0 bridgehead atoms. The molecule has 0 radical (unpaired) electrons. The second-order valence-electron chi connectivity index (χ2n) is 6.60. The zero-order valence-electron chi connectivity index (χ0n) is 14.1. The number of aromatic nitrogens is 2. The van der Waals surface area contributed by atoms with E-state index in [-0.39, 0.29) is 11.8 Å². The number of halogens is 1. The zero-order valence-corrected chi connectivity index (χ0v) is 15.7. The molecule has 2 heterocycles. The molecule has 1 aliphatic carbocycles. The van der Waals surface area contributed by atoms with E-state index in [0.29, 0.717) is 11.6 Å². The van der Waals surface area contributed by atoms with Gasteiger partial charge in [0.2, 0.25) is 5.91 Å². The maximum absolute atomic E-state index is 12.8. The minimum atomic E-state index is 0.184. The predicted molar refractivity (Wildman–Crippen MR) is 103 cm³/mol. The molecule has 0 aliphatic heterocycles. The van der Waals surface area contributed by atoms with Gasteiger partial charge in [0.05, 0.1) is 10.2 Å². The van der Waals surface area contributed by atoms with Crippen molar-refractivity contribution in [3.05, 3.63) is 47.2 Å². The van der Waals surface area contributed by atoms with Gasteiger partial charge in [0.25, 0.3) is 0 Å². The Morgan fingerprint density at radius 1 is 1.36 bits per heavy atom. The van der Waals surface area contributed by atoms with Gasteiger partial charge in [-0.15, -0.1) is 0 Å². The van der Waals surface area contributed by atoms with Gasteiger partial charge in [-0.05, 0) is 56.0 Å². The van der Waals surface area contributed by atoms with Crippen molar-refractivity contribution in [2.24, 2.45) is 5.92 Å². The van der Waals surface area contributed by atoms with E-state index in [1.807, 2.05) is 36.1 Å². The summed E-state index contributed by atoms with van der Waals surface area (Å²) in [5, 5.41) is 1.51. The summed E-state index contributed by atoms with van der Waals surface area (Å²) < 4.78 is 3.18. The van der Waals surface area contributed by atoms with E-state index in [1.54, 1.807) is 11.3 Å². The number of hydrogen-bond donors (Lipinski definition) is 0. The van der Waals surface area contributed by atoms with Crippen molar-refractivity contribution < 1.29 is 4.79 Å². The van der Waals surface area contributed by atoms with Crippen LogP contribution in [0.15, 0.2) is 36.7 Å². The van der Waals surface area contributed by atoms with Gasteiger partial charge in [0, 0.05) is 36.4 Å². The molecule has 4 rings (SSSR count). The van der Waals surface area contributed by atoms with Gasteiger partial charge in [-0.25, -0.2) is 4.98 Å². The number of thiazole rings is 1. The topological polar surface area (TPSA) is 38.1 Å². The Kier molecular flexibility index (Phi) is 4.52. The third kappa shape index (κ3) is 3.58. The lowest BCUT2D eigenvalue weighted by atomic mass is 10.2. The minimum Gasteiger partial charge on any atom is -0.354 e. The first-order chi connectivity index (χ1) is 12.1. The Labute approximate surface area is 156 Å². The molecule has 0 spiro atoms. The fraction of sp³-hybridized carbons (Fsp3) is 0.368. The van der Waals surface area contributed by atoms with Crippen molar-refractivity contribution in [2.45, 2.75) is 32.7 Å². The number of carbonyl (C=O) groups excluding carboxylic acids is 1. The maximum Gasteiger partial charge on any atom is 0.231 e. The molecular weight excluding hydrogens is 354 g/mol. The summed E-state index contributed by atoms with van der Waals surface area (Å²) >= 11 is 7.73. The second kappa shape index (κ2) is 6.81. The molecule has 0 saturated heterocycles. The highest BCUT2D eigenvalue weighted by molar-refractivity contribution is 7.22. The molecule has 1 aromatic carbocycles. The molecule has 2 aromatic heterocycles. The van der Waals surface area contributed by atoms with Crippen LogP contribution in [0.5, 0.6) is 0 Å². The summed E-state index contributed by atoms with van der Waals surface area (Å²) in [5.74, 6) is 0.401. The van der Waals surface area contributed by atoms with Crippen molar-refractivity contribution in [1.82, 2.24) is 9.55 Å². The van der Waals surface area contributed by atoms with Gasteiger partial charge in [-0.3, -0.25) is 9.69 Å². The van der Waals surface area contributed by atoms with Crippen LogP contribution in [0, 0.1) is 12.8 Å². The summed E-state index contributed by atoms with van der Waals surface area (Å²) in [6, 6.07) is 7.90. The van der Waals surface area contributed by atoms with Gasteiger partial charge in [-0.1, -0.05) is 22.9 Å². The third-order valence-electron chi connectivity index (χ3n) is 4.53. The number of carbonyl (C=O) groups is 1. The zero-order chi connectivity index (χ0) is 17.4. The third-order valence-corrected chi connectivity index (χ3v) is 5.77. The standard InChI is InChI=1S/C19H20ClN3OS/c1-13-11-15(20)12-16-17(13)21-19(25-16)23(18(24)14-5-6-14)10-4-9-22-7-2-3-8-22/h2-3,7-8,11-12,14H,4-6,9-10H2,1H3. The summed E-state index contributed by atoms with van der Waals surface area (Å²) in [5.41, 5.74) is 2.00. The molecule has 1 saturated carbocycles. The predicted octanol–water partition coefficient (Wildman–Crippen LogP) is 4.89. The molecule has 1 amide bonds. The highest BCUT2D eigenvalue weighted by Crippen LogP contribution is 2.37. The lowest BCUT2D eigenvalue weighted by Gasteiger charge is -2.20. The molecule has 3 aromatic rings. The molecular formula is C19H20ClN3OS. The van der Waals surface area contributed by atoms with Crippen LogP contribution in [0.25, 0.3) is 10.2 Å². The SMILES string of the molecule is Cc1cc(Cl)cc2sc(N(CCCn3cccc3)C(=O)C3CC3)nc12. The summed E-state index contributed by atoms with van der Waals surface area (Å²) in [4.78, 5) is 19.4. The lowest BCUT2D eigenvalue weighted by Crippen LogP contribution is -2.33. The summed E-state index contributed by atoms with van der Waals surface area (Å²) in [6.45, 7) is 3.61. The molecule has 1 aliphatic rings. The van der Waals surface area contributed by atoms with Crippen molar-refractivity contribution >= 4 is 44.2 Å². The highest BCUT2D eigenvalue weighted by atomic mass is 35.5. The van der Waals surface area contributed by atoms with E-state index >= 15 is 0 Å². The van der Waals surface area contributed by atoms with Crippen molar-refractivity contribution in [2.75, 3.05) is 11.4 Å². The molecule has 25 heavy (non-hydrogen) atoms. The van der Waals surface area contributed by atoms with Crippen LogP contribution < -0.4 is 4.90 Å². The Hall–Kier alpha value is -1.85. The maximum atomic E-state index is 12.8. The van der Waals surface area contributed by atoms with Crippen LogP contribution in [-0.4, -0.2) is 22.0 Å². The van der Waals surface area contributed by atoms with Gasteiger partial charge in [0.15, 0.2) is 5.13 Å². The van der Waals surface area contributed by atoms with Crippen LogP contribution in [0.3, 0.4) is 0 Å². The lowest BCUT2D eigenvalue weighted by molar-refractivity contribution is -0.119.